The lowest BCUT2D eigenvalue weighted by atomic mass is 10.1. The standard InChI is InChI=1S/C15H21NO3/c1-12-4-6-13(7-5-12)9-16(11-15(17)18)10-14-3-2-8-19-14/h4-7,14H,2-3,8-11H2,1H3,(H,17,18). The second kappa shape index (κ2) is 6.68. The molecular weight excluding hydrogens is 242 g/mol. The van der Waals surface area contributed by atoms with Gasteiger partial charge in [0.2, 0.25) is 0 Å². The molecule has 1 aromatic carbocycles. The van der Waals surface area contributed by atoms with Gasteiger partial charge in [-0.25, -0.2) is 0 Å². The first kappa shape index (κ1) is 14.0. The third kappa shape index (κ3) is 4.65. The third-order valence-corrected chi connectivity index (χ3v) is 3.37. The van der Waals surface area contributed by atoms with E-state index in [1.54, 1.807) is 0 Å². The van der Waals surface area contributed by atoms with Crippen LogP contribution >= 0.6 is 0 Å². The van der Waals surface area contributed by atoms with Gasteiger partial charge in [-0.1, -0.05) is 29.8 Å². The molecule has 1 aromatic rings. The SMILES string of the molecule is Cc1ccc(CN(CC(=O)O)CC2CCCO2)cc1. The molecular formula is C15H21NO3. The first-order chi connectivity index (χ1) is 9.13. The normalized spacial score (nSPS) is 18.9. The maximum Gasteiger partial charge on any atom is 0.317 e. The van der Waals surface area contributed by atoms with Crippen molar-refractivity contribution in [1.29, 1.82) is 0 Å². The highest BCUT2D eigenvalue weighted by atomic mass is 16.5. The van der Waals surface area contributed by atoms with Gasteiger partial charge < -0.3 is 9.84 Å². The molecule has 0 radical (unpaired) electrons. The number of ether oxygens (including phenoxy) is 1. The Bertz CT molecular complexity index is 410. The number of rotatable bonds is 6. The van der Waals surface area contributed by atoms with Gasteiger partial charge in [-0.15, -0.1) is 0 Å². The third-order valence-electron chi connectivity index (χ3n) is 3.37. The van der Waals surface area contributed by atoms with E-state index in [4.69, 9.17) is 9.84 Å². The molecule has 0 amide bonds. The topological polar surface area (TPSA) is 49.8 Å². The van der Waals surface area contributed by atoms with Crippen molar-refractivity contribution in [3.8, 4) is 0 Å². The van der Waals surface area contributed by atoms with E-state index in [0.717, 1.165) is 25.0 Å². The van der Waals surface area contributed by atoms with Gasteiger partial charge in [0, 0.05) is 19.7 Å². The molecule has 4 nitrogen and oxygen atoms in total. The van der Waals surface area contributed by atoms with Crippen molar-refractivity contribution in [2.45, 2.75) is 32.4 Å². The van der Waals surface area contributed by atoms with Gasteiger partial charge >= 0.3 is 5.97 Å². The molecule has 0 saturated carbocycles. The van der Waals surface area contributed by atoms with Gasteiger partial charge in [0.25, 0.3) is 0 Å². The van der Waals surface area contributed by atoms with Gasteiger partial charge in [-0.05, 0) is 25.3 Å². The smallest absolute Gasteiger partial charge is 0.317 e. The van der Waals surface area contributed by atoms with Crippen molar-refractivity contribution >= 4 is 5.97 Å². The summed E-state index contributed by atoms with van der Waals surface area (Å²) >= 11 is 0. The minimum absolute atomic E-state index is 0.0632. The zero-order chi connectivity index (χ0) is 13.7. The Morgan fingerprint density at radius 1 is 1.42 bits per heavy atom. The maximum atomic E-state index is 10.9. The number of hydrogen-bond donors (Lipinski definition) is 1. The number of benzene rings is 1. The molecule has 4 heteroatoms. The Morgan fingerprint density at radius 2 is 2.16 bits per heavy atom. The van der Waals surface area contributed by atoms with E-state index < -0.39 is 5.97 Å². The number of carbonyl (C=O) groups is 1. The molecule has 0 aliphatic carbocycles. The van der Waals surface area contributed by atoms with Crippen molar-refractivity contribution in [2.75, 3.05) is 19.7 Å². The molecule has 2 rings (SSSR count). The van der Waals surface area contributed by atoms with Crippen LogP contribution in [0, 0.1) is 6.92 Å². The van der Waals surface area contributed by atoms with E-state index in [1.165, 1.54) is 5.56 Å². The van der Waals surface area contributed by atoms with Crippen LogP contribution in [0.2, 0.25) is 0 Å². The summed E-state index contributed by atoms with van der Waals surface area (Å²) in [7, 11) is 0. The van der Waals surface area contributed by atoms with Crippen molar-refractivity contribution in [1.82, 2.24) is 4.90 Å². The van der Waals surface area contributed by atoms with Gasteiger partial charge in [0.05, 0.1) is 12.6 Å². The molecule has 1 aliphatic rings. The molecule has 104 valence electrons. The number of aryl methyl sites for hydroxylation is 1. The largest absolute Gasteiger partial charge is 0.480 e. The molecule has 0 spiro atoms. The van der Waals surface area contributed by atoms with E-state index in [9.17, 15) is 4.79 Å². The molecule has 0 bridgehead atoms. The number of aliphatic carboxylic acids is 1. The quantitative estimate of drug-likeness (QED) is 0.853. The lowest BCUT2D eigenvalue weighted by Gasteiger charge is -2.23. The van der Waals surface area contributed by atoms with Crippen LogP contribution in [0.4, 0.5) is 0 Å². The zero-order valence-electron chi connectivity index (χ0n) is 11.3. The highest BCUT2D eigenvalue weighted by Crippen LogP contribution is 2.15. The lowest BCUT2D eigenvalue weighted by Crippen LogP contribution is -2.35. The summed E-state index contributed by atoms with van der Waals surface area (Å²) in [5.74, 6) is -0.787. The average molecular weight is 263 g/mol. The van der Waals surface area contributed by atoms with Crippen LogP contribution in [0.5, 0.6) is 0 Å². The summed E-state index contributed by atoms with van der Waals surface area (Å²) in [6, 6.07) is 8.22. The predicted molar refractivity (Wildman–Crippen MR) is 73.1 cm³/mol. The molecule has 1 N–H and O–H groups in total. The van der Waals surface area contributed by atoms with Crippen LogP contribution in [0.1, 0.15) is 24.0 Å². The summed E-state index contributed by atoms with van der Waals surface area (Å²) in [6.07, 6.45) is 2.30. The Balaban J connectivity index is 1.95. The Labute approximate surface area is 114 Å². The number of carboxylic acids is 1. The van der Waals surface area contributed by atoms with E-state index in [-0.39, 0.29) is 12.6 Å². The van der Waals surface area contributed by atoms with E-state index in [2.05, 4.69) is 24.3 Å². The first-order valence-electron chi connectivity index (χ1n) is 6.75. The second-order valence-corrected chi connectivity index (χ2v) is 5.18. The monoisotopic (exact) mass is 263 g/mol. The predicted octanol–water partition coefficient (Wildman–Crippen LogP) is 2.06. The van der Waals surface area contributed by atoms with Crippen LogP contribution in [0.3, 0.4) is 0 Å². The maximum absolute atomic E-state index is 10.9. The van der Waals surface area contributed by atoms with E-state index in [1.807, 2.05) is 11.8 Å². The lowest BCUT2D eigenvalue weighted by molar-refractivity contribution is -0.138. The van der Waals surface area contributed by atoms with Crippen molar-refractivity contribution in [3.63, 3.8) is 0 Å². The molecule has 19 heavy (non-hydrogen) atoms. The summed E-state index contributed by atoms with van der Waals surface area (Å²) in [5, 5.41) is 9.00. The molecule has 1 atom stereocenters. The van der Waals surface area contributed by atoms with Crippen molar-refractivity contribution < 1.29 is 14.6 Å². The summed E-state index contributed by atoms with van der Waals surface area (Å²) in [5.41, 5.74) is 2.36. The Hall–Kier alpha value is -1.39. The summed E-state index contributed by atoms with van der Waals surface area (Å²) in [6.45, 7) is 4.27. The number of carboxylic acid groups (broad SMARTS) is 1. The van der Waals surface area contributed by atoms with Gasteiger partial charge in [-0.2, -0.15) is 0 Å². The molecule has 1 saturated heterocycles. The minimum Gasteiger partial charge on any atom is -0.480 e. The van der Waals surface area contributed by atoms with E-state index >= 15 is 0 Å². The number of hydrogen-bond acceptors (Lipinski definition) is 3. The summed E-state index contributed by atoms with van der Waals surface area (Å²) in [4.78, 5) is 12.9. The second-order valence-electron chi connectivity index (χ2n) is 5.18. The molecule has 1 fully saturated rings. The fraction of sp³-hybridized carbons (Fsp3) is 0.533. The van der Waals surface area contributed by atoms with E-state index in [0.29, 0.717) is 13.1 Å². The molecule has 1 heterocycles. The van der Waals surface area contributed by atoms with Gasteiger partial charge in [-0.3, -0.25) is 9.69 Å². The highest BCUT2D eigenvalue weighted by Gasteiger charge is 2.20. The van der Waals surface area contributed by atoms with Crippen LogP contribution in [-0.4, -0.2) is 41.8 Å². The Kier molecular flexibility index (Phi) is 4.93. The molecule has 1 unspecified atom stereocenters. The van der Waals surface area contributed by atoms with Crippen LogP contribution in [-0.2, 0) is 16.1 Å². The molecule has 1 aliphatic heterocycles. The van der Waals surface area contributed by atoms with Crippen LogP contribution < -0.4 is 0 Å². The number of nitrogens with zero attached hydrogens (tertiary/aromatic N) is 1. The molecule has 0 aromatic heterocycles. The Morgan fingerprint density at radius 3 is 2.74 bits per heavy atom. The fourth-order valence-electron chi connectivity index (χ4n) is 2.40. The van der Waals surface area contributed by atoms with Crippen LogP contribution in [0.25, 0.3) is 0 Å². The highest BCUT2D eigenvalue weighted by molar-refractivity contribution is 5.69. The zero-order valence-corrected chi connectivity index (χ0v) is 11.3. The van der Waals surface area contributed by atoms with Crippen molar-refractivity contribution in [2.24, 2.45) is 0 Å². The first-order valence-corrected chi connectivity index (χ1v) is 6.75. The average Bonchev–Trinajstić information content (AvgIpc) is 2.84. The summed E-state index contributed by atoms with van der Waals surface area (Å²) < 4.78 is 5.59. The fourth-order valence-corrected chi connectivity index (χ4v) is 2.40. The van der Waals surface area contributed by atoms with Gasteiger partial charge in [0.1, 0.15) is 0 Å². The van der Waals surface area contributed by atoms with Crippen LogP contribution in [0.15, 0.2) is 24.3 Å². The van der Waals surface area contributed by atoms with Crippen molar-refractivity contribution in [3.05, 3.63) is 35.4 Å². The minimum atomic E-state index is -0.787. The van der Waals surface area contributed by atoms with Gasteiger partial charge in [0.15, 0.2) is 0 Å².